The Balaban J connectivity index is 1.83. The number of amides is 1. The summed E-state index contributed by atoms with van der Waals surface area (Å²) in [5.41, 5.74) is 0.356. The lowest BCUT2D eigenvalue weighted by Gasteiger charge is -2.41. The number of rotatable bonds is 3. The molecule has 0 spiro atoms. The van der Waals surface area contributed by atoms with E-state index in [0.29, 0.717) is 5.69 Å². The van der Waals surface area contributed by atoms with E-state index in [1.165, 1.54) is 18.2 Å². The van der Waals surface area contributed by atoms with Gasteiger partial charge in [-0.05, 0) is 42.9 Å². The third-order valence-electron chi connectivity index (χ3n) is 4.43. The van der Waals surface area contributed by atoms with Crippen molar-refractivity contribution in [2.75, 3.05) is 5.32 Å². The number of halogens is 1. The van der Waals surface area contributed by atoms with E-state index < -0.39 is 23.6 Å². The van der Waals surface area contributed by atoms with Gasteiger partial charge >= 0.3 is 5.97 Å². The van der Waals surface area contributed by atoms with E-state index in [-0.39, 0.29) is 17.7 Å². The van der Waals surface area contributed by atoms with Crippen molar-refractivity contribution in [1.29, 1.82) is 0 Å². The summed E-state index contributed by atoms with van der Waals surface area (Å²) in [6.45, 7) is 0. The molecule has 1 aromatic rings. The fourth-order valence-electron chi connectivity index (χ4n) is 3.48. The molecule has 1 aromatic carbocycles. The molecule has 5 heteroatoms. The first-order valence-corrected chi connectivity index (χ1v) is 7.04. The van der Waals surface area contributed by atoms with Gasteiger partial charge in [0.05, 0.1) is 11.8 Å². The Morgan fingerprint density at radius 1 is 1.14 bits per heavy atom. The average molecular weight is 289 g/mol. The highest BCUT2D eigenvalue weighted by Gasteiger charge is 2.48. The fourth-order valence-corrected chi connectivity index (χ4v) is 3.48. The summed E-state index contributed by atoms with van der Waals surface area (Å²) in [6.07, 6.45) is 5.50. The van der Waals surface area contributed by atoms with Gasteiger partial charge in [0.1, 0.15) is 5.82 Å². The van der Waals surface area contributed by atoms with Crippen LogP contribution in [-0.4, -0.2) is 17.0 Å². The van der Waals surface area contributed by atoms with Gasteiger partial charge in [0.2, 0.25) is 5.91 Å². The molecule has 2 bridgehead atoms. The number of carboxylic acid groups (broad SMARTS) is 1. The Bertz CT molecular complexity index is 613. The van der Waals surface area contributed by atoms with Crippen LogP contribution in [0.4, 0.5) is 10.1 Å². The van der Waals surface area contributed by atoms with E-state index in [2.05, 4.69) is 5.32 Å². The molecule has 1 amide bonds. The van der Waals surface area contributed by atoms with E-state index >= 15 is 0 Å². The van der Waals surface area contributed by atoms with Crippen molar-refractivity contribution in [2.45, 2.75) is 12.8 Å². The van der Waals surface area contributed by atoms with Crippen LogP contribution < -0.4 is 5.32 Å². The van der Waals surface area contributed by atoms with Gasteiger partial charge in [-0.25, -0.2) is 4.39 Å². The molecule has 21 heavy (non-hydrogen) atoms. The number of nitrogens with one attached hydrogen (secondary N) is 1. The molecule has 0 aliphatic heterocycles. The lowest BCUT2D eigenvalue weighted by Crippen LogP contribution is -2.47. The summed E-state index contributed by atoms with van der Waals surface area (Å²) in [5.74, 6) is -3.13. The van der Waals surface area contributed by atoms with Gasteiger partial charge in [-0.2, -0.15) is 0 Å². The van der Waals surface area contributed by atoms with Crippen molar-refractivity contribution in [2.24, 2.45) is 23.7 Å². The molecule has 4 nitrogen and oxygen atoms in total. The third-order valence-corrected chi connectivity index (χ3v) is 4.43. The second-order valence-corrected chi connectivity index (χ2v) is 5.68. The molecule has 4 atom stereocenters. The number of carbonyl (C=O) groups excluding carboxylic acids is 1. The van der Waals surface area contributed by atoms with Gasteiger partial charge < -0.3 is 10.4 Å². The Morgan fingerprint density at radius 2 is 1.81 bits per heavy atom. The zero-order valence-electron chi connectivity index (χ0n) is 11.3. The number of allylic oxidation sites excluding steroid dienone is 2. The molecule has 3 aliphatic rings. The van der Waals surface area contributed by atoms with Gasteiger partial charge in [0.25, 0.3) is 0 Å². The molecular weight excluding hydrogens is 273 g/mol. The lowest BCUT2D eigenvalue weighted by molar-refractivity contribution is -0.151. The van der Waals surface area contributed by atoms with Crippen molar-refractivity contribution >= 4 is 17.6 Å². The quantitative estimate of drug-likeness (QED) is 0.841. The van der Waals surface area contributed by atoms with Gasteiger partial charge in [-0.15, -0.1) is 0 Å². The molecular formula is C16H16FNO3. The van der Waals surface area contributed by atoms with Crippen molar-refractivity contribution in [3.05, 3.63) is 42.2 Å². The standard InChI is InChI=1S/C16H16FNO3/c17-11-2-1-3-12(8-11)18-15(19)13-9-4-6-10(7-5-9)14(13)16(20)21/h1-4,6,8-10,13-14H,5,7H2,(H,18,19)(H,20,21)/t9-,10+,13+,14+/m1/s1. The van der Waals surface area contributed by atoms with E-state index in [1.807, 2.05) is 12.2 Å². The number of hydrogen-bond acceptors (Lipinski definition) is 2. The normalized spacial score (nSPS) is 30.1. The van der Waals surface area contributed by atoms with E-state index in [9.17, 15) is 19.1 Å². The monoisotopic (exact) mass is 289 g/mol. The first-order chi connectivity index (χ1) is 10.1. The molecule has 110 valence electrons. The minimum atomic E-state index is -0.937. The smallest absolute Gasteiger partial charge is 0.307 e. The van der Waals surface area contributed by atoms with Gasteiger partial charge in [0.15, 0.2) is 0 Å². The second-order valence-electron chi connectivity index (χ2n) is 5.68. The molecule has 1 fully saturated rings. The van der Waals surface area contributed by atoms with Crippen LogP contribution in [0.2, 0.25) is 0 Å². The van der Waals surface area contributed by atoms with Crippen molar-refractivity contribution in [3.63, 3.8) is 0 Å². The van der Waals surface area contributed by atoms with Crippen LogP contribution in [0.3, 0.4) is 0 Å². The number of aliphatic carboxylic acids is 1. The molecule has 3 aliphatic carbocycles. The van der Waals surface area contributed by atoms with E-state index in [4.69, 9.17) is 0 Å². The van der Waals surface area contributed by atoms with Crippen LogP contribution in [-0.2, 0) is 9.59 Å². The zero-order chi connectivity index (χ0) is 15.0. The Kier molecular flexibility index (Phi) is 3.49. The number of carboxylic acids is 1. The molecule has 0 heterocycles. The number of fused-ring (bicyclic) bond motifs is 2. The maximum Gasteiger partial charge on any atom is 0.307 e. The number of benzene rings is 1. The van der Waals surface area contributed by atoms with Crippen LogP contribution in [0.5, 0.6) is 0 Å². The predicted octanol–water partition coefficient (Wildman–Crippen LogP) is 2.68. The molecule has 4 rings (SSSR count). The SMILES string of the molecule is O=C(Nc1cccc(F)c1)[C@@H]1[C@@H](C(=O)O)[C@H]2C=C[C@@H]1CC2. The average Bonchev–Trinajstić information content (AvgIpc) is 2.47. The third kappa shape index (κ3) is 2.55. The first kappa shape index (κ1) is 13.8. The number of anilines is 1. The Hall–Kier alpha value is -2.17. The maximum atomic E-state index is 13.2. The summed E-state index contributed by atoms with van der Waals surface area (Å²) in [5, 5.41) is 12.1. The molecule has 0 saturated heterocycles. The van der Waals surface area contributed by atoms with Gasteiger partial charge in [0, 0.05) is 5.69 Å². The zero-order valence-corrected chi connectivity index (χ0v) is 11.3. The fraction of sp³-hybridized carbons (Fsp3) is 0.375. The molecule has 0 unspecified atom stereocenters. The predicted molar refractivity (Wildman–Crippen MR) is 75.0 cm³/mol. The molecule has 0 aromatic heterocycles. The topological polar surface area (TPSA) is 66.4 Å². The molecule has 1 saturated carbocycles. The first-order valence-electron chi connectivity index (χ1n) is 7.04. The highest BCUT2D eigenvalue weighted by atomic mass is 19.1. The van der Waals surface area contributed by atoms with Crippen LogP contribution in [0.1, 0.15) is 12.8 Å². The van der Waals surface area contributed by atoms with E-state index in [1.54, 1.807) is 6.07 Å². The lowest BCUT2D eigenvalue weighted by atomic mass is 9.62. The Labute approximate surface area is 121 Å². The summed E-state index contributed by atoms with van der Waals surface area (Å²) >= 11 is 0. The van der Waals surface area contributed by atoms with Crippen molar-refractivity contribution in [1.82, 2.24) is 0 Å². The summed E-state index contributed by atoms with van der Waals surface area (Å²) in [4.78, 5) is 23.9. The van der Waals surface area contributed by atoms with E-state index in [0.717, 1.165) is 12.8 Å². The van der Waals surface area contributed by atoms with Gasteiger partial charge in [-0.1, -0.05) is 18.2 Å². The summed E-state index contributed by atoms with van der Waals surface area (Å²) < 4.78 is 13.2. The maximum absolute atomic E-state index is 13.2. The van der Waals surface area contributed by atoms with Gasteiger partial charge in [-0.3, -0.25) is 9.59 Å². The largest absolute Gasteiger partial charge is 0.481 e. The number of hydrogen-bond donors (Lipinski definition) is 2. The summed E-state index contributed by atoms with van der Waals surface area (Å²) in [6, 6.07) is 5.62. The minimum Gasteiger partial charge on any atom is -0.481 e. The van der Waals surface area contributed by atoms with Crippen molar-refractivity contribution in [3.8, 4) is 0 Å². The van der Waals surface area contributed by atoms with Crippen LogP contribution in [0.25, 0.3) is 0 Å². The summed E-state index contributed by atoms with van der Waals surface area (Å²) in [7, 11) is 0. The van der Waals surface area contributed by atoms with Crippen molar-refractivity contribution < 1.29 is 19.1 Å². The van der Waals surface area contributed by atoms with Crippen LogP contribution in [0, 0.1) is 29.5 Å². The van der Waals surface area contributed by atoms with Crippen LogP contribution >= 0.6 is 0 Å². The highest BCUT2D eigenvalue weighted by Crippen LogP contribution is 2.45. The molecule has 2 N–H and O–H groups in total. The molecule has 0 radical (unpaired) electrons. The second kappa shape index (κ2) is 5.31. The minimum absolute atomic E-state index is 0.0512. The highest BCUT2D eigenvalue weighted by molar-refractivity contribution is 5.96. The Morgan fingerprint density at radius 3 is 2.38 bits per heavy atom. The number of carbonyl (C=O) groups is 2. The van der Waals surface area contributed by atoms with Crippen LogP contribution in [0.15, 0.2) is 36.4 Å².